The number of halogens is 4. The van der Waals surface area contributed by atoms with Crippen LogP contribution >= 0.6 is 63.7 Å². The van der Waals surface area contributed by atoms with Gasteiger partial charge in [0.15, 0.2) is 0 Å². The first-order chi connectivity index (χ1) is 14.5. The Labute approximate surface area is 218 Å². The lowest BCUT2D eigenvalue weighted by molar-refractivity contribution is 0.173. The third kappa shape index (κ3) is 6.93. The van der Waals surface area contributed by atoms with Crippen molar-refractivity contribution in [1.82, 2.24) is 0 Å². The van der Waals surface area contributed by atoms with Crippen molar-refractivity contribution in [3.8, 4) is 11.5 Å². The largest absolute Gasteiger partial charge is 0.491 e. The lowest BCUT2D eigenvalue weighted by Gasteiger charge is -2.28. The van der Waals surface area contributed by atoms with Gasteiger partial charge in [0.1, 0.15) is 11.5 Å². The third-order valence-corrected chi connectivity index (χ3v) is 7.44. The molecule has 0 aliphatic rings. The van der Waals surface area contributed by atoms with Gasteiger partial charge in [-0.2, -0.15) is 0 Å². The lowest BCUT2D eigenvalue weighted by atomic mass is 9.78. The molecule has 2 unspecified atom stereocenters. The average Bonchev–Trinajstić information content (AvgIpc) is 2.71. The van der Waals surface area contributed by atoms with Crippen molar-refractivity contribution in [2.45, 2.75) is 33.1 Å². The molecule has 0 saturated heterocycles. The summed E-state index contributed by atoms with van der Waals surface area (Å²) < 4.78 is 15.2. The maximum atomic E-state index is 9.23. The summed E-state index contributed by atoms with van der Waals surface area (Å²) in [6.45, 7) is 9.25. The van der Waals surface area contributed by atoms with E-state index in [2.05, 4.69) is 102 Å². The van der Waals surface area contributed by atoms with E-state index in [-0.39, 0.29) is 30.5 Å². The van der Waals surface area contributed by atoms with E-state index in [1.165, 1.54) is 0 Å². The van der Waals surface area contributed by atoms with E-state index in [4.69, 9.17) is 9.47 Å². The number of hydrogen-bond acceptors (Lipinski definition) is 4. The average molecular weight is 688 g/mol. The van der Waals surface area contributed by atoms with E-state index in [1.807, 2.05) is 13.8 Å². The van der Waals surface area contributed by atoms with Crippen molar-refractivity contribution in [1.29, 1.82) is 0 Å². The smallest absolute Gasteiger partial charge is 0.147 e. The number of benzene rings is 2. The Bertz CT molecular complexity index is 784. The third-order valence-electron chi connectivity index (χ3n) is 5.09. The lowest BCUT2D eigenvalue weighted by Crippen LogP contribution is -2.20. The van der Waals surface area contributed by atoms with Crippen LogP contribution < -0.4 is 9.47 Å². The molecule has 8 heteroatoms. The minimum Gasteiger partial charge on any atom is -0.491 e. The quantitative estimate of drug-likeness (QED) is 0.281. The zero-order valence-corrected chi connectivity index (χ0v) is 24.4. The molecule has 0 aliphatic heterocycles. The van der Waals surface area contributed by atoms with E-state index in [0.717, 1.165) is 40.5 Å². The van der Waals surface area contributed by atoms with Gasteiger partial charge in [0.2, 0.25) is 0 Å². The van der Waals surface area contributed by atoms with Gasteiger partial charge in [-0.15, -0.1) is 0 Å². The molecule has 2 N–H and O–H groups in total. The van der Waals surface area contributed by atoms with Crippen LogP contribution in [0.2, 0.25) is 0 Å². The zero-order chi connectivity index (χ0) is 23.3. The molecule has 2 aromatic carbocycles. The minimum absolute atomic E-state index is 0.0608. The van der Waals surface area contributed by atoms with Gasteiger partial charge in [0.25, 0.3) is 0 Å². The van der Waals surface area contributed by atoms with Crippen molar-refractivity contribution < 1.29 is 19.7 Å². The SMILES string of the molecule is CC(CO)COc1c(Br)cc(C(C)(C)c2cc(Br)c(OCC(C)CO)c(Br)c2)cc1Br. The first-order valence-electron chi connectivity index (χ1n) is 9.97. The molecule has 172 valence electrons. The molecule has 0 radical (unpaired) electrons. The Morgan fingerprint density at radius 2 is 1.00 bits per heavy atom. The van der Waals surface area contributed by atoms with Crippen molar-refractivity contribution in [3.63, 3.8) is 0 Å². The second kappa shape index (κ2) is 11.8. The highest BCUT2D eigenvalue weighted by Crippen LogP contribution is 2.44. The topological polar surface area (TPSA) is 58.9 Å². The molecule has 0 aliphatic carbocycles. The highest BCUT2D eigenvalue weighted by atomic mass is 79.9. The summed E-state index contributed by atoms with van der Waals surface area (Å²) in [7, 11) is 0. The van der Waals surface area contributed by atoms with Crippen LogP contribution in [0.25, 0.3) is 0 Å². The Balaban J connectivity index is 2.34. The standard InChI is InChI=1S/C23H28Br4O4/c1-13(9-28)11-30-21-17(24)5-15(6-18(21)25)23(3,4)16-7-19(26)22(20(27)8-16)31-12-14(2)10-29/h5-8,13-14,28-29H,9-12H2,1-4H3. The predicted octanol–water partition coefficient (Wildman–Crippen LogP) is 7.08. The fourth-order valence-corrected chi connectivity index (χ4v) is 5.67. The summed E-state index contributed by atoms with van der Waals surface area (Å²) in [4.78, 5) is 0. The van der Waals surface area contributed by atoms with Crippen molar-refractivity contribution in [3.05, 3.63) is 53.3 Å². The Hall–Kier alpha value is -0.120. The number of aliphatic hydroxyl groups is 2. The molecule has 0 aromatic heterocycles. The van der Waals surface area contributed by atoms with Gasteiger partial charge < -0.3 is 19.7 Å². The normalized spacial score (nSPS) is 13.7. The fourth-order valence-electron chi connectivity index (χ4n) is 2.84. The van der Waals surface area contributed by atoms with Crippen molar-refractivity contribution in [2.75, 3.05) is 26.4 Å². The van der Waals surface area contributed by atoms with Crippen LogP contribution in [-0.4, -0.2) is 36.6 Å². The molecule has 2 aromatic rings. The first-order valence-corrected chi connectivity index (χ1v) is 13.1. The number of aliphatic hydroxyl groups excluding tert-OH is 2. The molecule has 0 bridgehead atoms. The molecular formula is C23H28Br4O4. The molecule has 4 nitrogen and oxygen atoms in total. The van der Waals surface area contributed by atoms with Gasteiger partial charge in [-0.3, -0.25) is 0 Å². The van der Waals surface area contributed by atoms with Crippen LogP contribution in [0.15, 0.2) is 42.2 Å². The van der Waals surface area contributed by atoms with Crippen LogP contribution in [0.5, 0.6) is 11.5 Å². The van der Waals surface area contributed by atoms with Crippen LogP contribution in [0.4, 0.5) is 0 Å². The second-order valence-electron chi connectivity index (χ2n) is 8.36. The summed E-state index contributed by atoms with van der Waals surface area (Å²) in [5.74, 6) is 1.57. The van der Waals surface area contributed by atoms with Crippen LogP contribution in [0.1, 0.15) is 38.8 Å². The van der Waals surface area contributed by atoms with Gasteiger partial charge in [-0.05, 0) is 99.1 Å². The summed E-state index contributed by atoms with van der Waals surface area (Å²) in [5, 5.41) is 18.5. The van der Waals surface area contributed by atoms with Gasteiger partial charge in [0.05, 0.1) is 31.1 Å². The van der Waals surface area contributed by atoms with Gasteiger partial charge in [0, 0.05) is 30.5 Å². The predicted molar refractivity (Wildman–Crippen MR) is 139 cm³/mol. The van der Waals surface area contributed by atoms with E-state index >= 15 is 0 Å². The maximum absolute atomic E-state index is 9.23. The summed E-state index contributed by atoms with van der Waals surface area (Å²) >= 11 is 14.6. The van der Waals surface area contributed by atoms with Crippen LogP contribution in [0.3, 0.4) is 0 Å². The zero-order valence-electron chi connectivity index (χ0n) is 18.0. The molecule has 0 heterocycles. The fraction of sp³-hybridized carbons (Fsp3) is 0.478. The molecular weight excluding hydrogens is 660 g/mol. The molecule has 0 fully saturated rings. The number of hydrogen-bond donors (Lipinski definition) is 2. The number of ether oxygens (including phenoxy) is 2. The Morgan fingerprint density at radius 3 is 1.26 bits per heavy atom. The first kappa shape index (κ1) is 27.1. The Morgan fingerprint density at radius 1 is 0.710 bits per heavy atom. The summed E-state index contributed by atoms with van der Waals surface area (Å²) in [6, 6.07) is 8.27. The highest BCUT2D eigenvalue weighted by molar-refractivity contribution is 9.11. The molecule has 2 atom stereocenters. The molecule has 31 heavy (non-hydrogen) atoms. The van der Waals surface area contributed by atoms with E-state index in [0.29, 0.717) is 13.2 Å². The Kier molecular flexibility index (Phi) is 10.4. The molecule has 2 rings (SSSR count). The minimum atomic E-state index is -0.302. The summed E-state index contributed by atoms with van der Waals surface area (Å²) in [6.07, 6.45) is 0. The second-order valence-corrected chi connectivity index (χ2v) is 11.8. The highest BCUT2D eigenvalue weighted by Gasteiger charge is 2.27. The van der Waals surface area contributed by atoms with E-state index in [1.54, 1.807) is 0 Å². The van der Waals surface area contributed by atoms with Crippen molar-refractivity contribution in [2.24, 2.45) is 11.8 Å². The van der Waals surface area contributed by atoms with Gasteiger partial charge >= 0.3 is 0 Å². The van der Waals surface area contributed by atoms with Crippen LogP contribution in [-0.2, 0) is 5.41 Å². The van der Waals surface area contributed by atoms with Gasteiger partial charge in [-0.25, -0.2) is 0 Å². The molecule has 0 spiro atoms. The van der Waals surface area contributed by atoms with Gasteiger partial charge in [-0.1, -0.05) is 27.7 Å². The van der Waals surface area contributed by atoms with Crippen LogP contribution in [0, 0.1) is 11.8 Å². The van der Waals surface area contributed by atoms with E-state index < -0.39 is 0 Å². The van der Waals surface area contributed by atoms with Crippen molar-refractivity contribution >= 4 is 63.7 Å². The monoisotopic (exact) mass is 684 g/mol. The molecule has 0 amide bonds. The maximum Gasteiger partial charge on any atom is 0.147 e. The summed E-state index contributed by atoms with van der Waals surface area (Å²) in [5.41, 5.74) is 1.91. The number of rotatable bonds is 10. The van der Waals surface area contributed by atoms with E-state index in [9.17, 15) is 10.2 Å². The molecule has 0 saturated carbocycles.